The summed E-state index contributed by atoms with van der Waals surface area (Å²) in [6.45, 7) is 2.66. The van der Waals surface area contributed by atoms with Gasteiger partial charge in [0.2, 0.25) is 0 Å². The van der Waals surface area contributed by atoms with Crippen molar-refractivity contribution in [2.45, 2.75) is 38.6 Å². The molecule has 4 rings (SSSR count). The van der Waals surface area contributed by atoms with Crippen molar-refractivity contribution in [2.24, 2.45) is 5.41 Å². The van der Waals surface area contributed by atoms with E-state index in [0.29, 0.717) is 29.6 Å². The first kappa shape index (κ1) is 16.6. The number of nitrogens with zero attached hydrogens (tertiary/aromatic N) is 3. The summed E-state index contributed by atoms with van der Waals surface area (Å²) in [5.74, 6) is 0.557. The van der Waals surface area contributed by atoms with Crippen LogP contribution < -0.4 is 21.9 Å². The van der Waals surface area contributed by atoms with E-state index in [1.807, 2.05) is 6.92 Å². The first-order chi connectivity index (χ1) is 12.5. The third-order valence-corrected chi connectivity index (χ3v) is 5.77. The molecule has 136 valence electrons. The van der Waals surface area contributed by atoms with Crippen LogP contribution in [0.5, 0.6) is 0 Å². The Balaban J connectivity index is 1.79. The molecule has 1 aliphatic heterocycles. The van der Waals surface area contributed by atoms with Crippen LogP contribution in [0, 0.1) is 5.41 Å². The number of hydrogen-bond donors (Lipinski definition) is 3. The number of nitrogens with one attached hydrogen (secondary N) is 2. The smallest absolute Gasteiger partial charge is 0.275 e. The number of fused-ring (bicyclic) bond motifs is 1. The van der Waals surface area contributed by atoms with Gasteiger partial charge < -0.3 is 16.4 Å². The van der Waals surface area contributed by atoms with Gasteiger partial charge in [0.15, 0.2) is 0 Å². The minimum atomic E-state index is -0.226. The molecule has 0 bridgehead atoms. The van der Waals surface area contributed by atoms with Gasteiger partial charge in [0.25, 0.3) is 11.5 Å². The molecule has 2 aliphatic rings. The Morgan fingerprint density at radius 2 is 2.04 bits per heavy atom. The van der Waals surface area contributed by atoms with E-state index in [-0.39, 0.29) is 22.9 Å². The van der Waals surface area contributed by atoms with Crippen LogP contribution in [0.15, 0.2) is 29.3 Å². The molecule has 26 heavy (non-hydrogen) atoms. The Morgan fingerprint density at radius 3 is 2.77 bits per heavy atom. The monoisotopic (exact) mass is 354 g/mol. The molecule has 8 heteroatoms. The van der Waals surface area contributed by atoms with E-state index in [9.17, 15) is 9.59 Å². The minimum absolute atomic E-state index is 0.0660. The topological polar surface area (TPSA) is 115 Å². The fraction of sp³-hybridized carbons (Fsp3) is 0.444. The molecule has 1 aliphatic carbocycles. The molecule has 0 radical (unpaired) electrons. The predicted octanol–water partition coefficient (Wildman–Crippen LogP) is 1.83. The summed E-state index contributed by atoms with van der Waals surface area (Å²) in [7, 11) is 0. The standard InChI is InChI=1S/C18H22N6O2/c1-11-18(6-2-3-7-18)9-20-16(25)13-5-4-12(17(26)24(11)13)23-15-8-14(19)21-10-22-15/h4-5,8,10-11H,2-3,6-7,9H2,1H3,(H,20,25)(H3,19,21,22,23). The molecule has 2 aromatic heterocycles. The third-order valence-electron chi connectivity index (χ3n) is 5.77. The van der Waals surface area contributed by atoms with E-state index in [4.69, 9.17) is 5.73 Å². The zero-order valence-electron chi connectivity index (χ0n) is 14.7. The van der Waals surface area contributed by atoms with Gasteiger partial charge in [-0.2, -0.15) is 0 Å². The summed E-state index contributed by atoms with van der Waals surface area (Å²) in [4.78, 5) is 33.7. The first-order valence-electron chi connectivity index (χ1n) is 8.88. The lowest BCUT2D eigenvalue weighted by Gasteiger charge is -2.35. The second-order valence-electron chi connectivity index (χ2n) is 7.19. The summed E-state index contributed by atoms with van der Waals surface area (Å²) in [6.07, 6.45) is 5.62. The van der Waals surface area contributed by atoms with Crippen molar-refractivity contribution in [3.8, 4) is 0 Å². The van der Waals surface area contributed by atoms with Crippen LogP contribution in [0.3, 0.4) is 0 Å². The Morgan fingerprint density at radius 1 is 1.27 bits per heavy atom. The van der Waals surface area contributed by atoms with Gasteiger partial charge in [-0.1, -0.05) is 12.8 Å². The number of nitrogen functional groups attached to an aromatic ring is 1. The molecular formula is C18H22N6O2. The Bertz CT molecular complexity index is 916. The van der Waals surface area contributed by atoms with Gasteiger partial charge in [-0.3, -0.25) is 14.2 Å². The maximum absolute atomic E-state index is 13.2. The summed E-state index contributed by atoms with van der Waals surface area (Å²) in [5, 5.41) is 6.01. The van der Waals surface area contributed by atoms with Gasteiger partial charge in [0, 0.05) is 24.1 Å². The van der Waals surface area contributed by atoms with Crippen LogP contribution in [-0.2, 0) is 0 Å². The zero-order valence-corrected chi connectivity index (χ0v) is 14.7. The van der Waals surface area contributed by atoms with Crippen molar-refractivity contribution >= 4 is 23.2 Å². The van der Waals surface area contributed by atoms with Crippen molar-refractivity contribution in [2.75, 3.05) is 17.6 Å². The molecule has 2 aromatic rings. The van der Waals surface area contributed by atoms with Crippen LogP contribution in [-0.4, -0.2) is 27.0 Å². The Hall–Kier alpha value is -2.90. The van der Waals surface area contributed by atoms with Crippen molar-refractivity contribution < 1.29 is 4.79 Å². The van der Waals surface area contributed by atoms with E-state index in [1.54, 1.807) is 22.8 Å². The summed E-state index contributed by atoms with van der Waals surface area (Å²) in [6, 6.07) is 4.80. The maximum Gasteiger partial charge on any atom is 0.275 e. The van der Waals surface area contributed by atoms with Gasteiger partial charge in [-0.15, -0.1) is 0 Å². The van der Waals surface area contributed by atoms with Crippen LogP contribution in [0.25, 0.3) is 0 Å². The van der Waals surface area contributed by atoms with Crippen molar-refractivity contribution in [3.05, 3.63) is 40.6 Å². The predicted molar refractivity (Wildman–Crippen MR) is 98.4 cm³/mol. The molecule has 1 spiro atoms. The molecule has 8 nitrogen and oxygen atoms in total. The fourth-order valence-corrected chi connectivity index (χ4v) is 4.24. The molecule has 1 fully saturated rings. The zero-order chi connectivity index (χ0) is 18.3. The van der Waals surface area contributed by atoms with E-state index in [1.165, 1.54) is 6.33 Å². The number of nitrogens with two attached hydrogens (primary N) is 1. The van der Waals surface area contributed by atoms with E-state index >= 15 is 0 Å². The SMILES string of the molecule is CC1n2c(ccc(Nc3cc(N)ncn3)c2=O)C(=O)NCC12CCCC2. The quantitative estimate of drug-likeness (QED) is 0.758. The van der Waals surface area contributed by atoms with Gasteiger partial charge >= 0.3 is 0 Å². The number of amides is 1. The molecule has 1 saturated carbocycles. The van der Waals surface area contributed by atoms with Crippen LogP contribution in [0.4, 0.5) is 17.3 Å². The van der Waals surface area contributed by atoms with E-state index in [2.05, 4.69) is 20.6 Å². The number of anilines is 3. The second kappa shape index (κ2) is 6.12. The minimum Gasteiger partial charge on any atom is -0.384 e. The number of carbonyl (C=O) groups is 1. The molecule has 1 amide bonds. The molecule has 0 aromatic carbocycles. The highest BCUT2D eigenvalue weighted by Crippen LogP contribution is 2.47. The maximum atomic E-state index is 13.2. The molecule has 0 saturated heterocycles. The van der Waals surface area contributed by atoms with Gasteiger partial charge in [0.05, 0.1) is 0 Å². The highest BCUT2D eigenvalue weighted by Gasteiger charge is 2.43. The van der Waals surface area contributed by atoms with Crippen LogP contribution in [0.2, 0.25) is 0 Å². The lowest BCUT2D eigenvalue weighted by atomic mass is 9.79. The van der Waals surface area contributed by atoms with E-state index < -0.39 is 0 Å². The highest BCUT2D eigenvalue weighted by atomic mass is 16.2. The summed E-state index contributed by atoms with van der Waals surface area (Å²) in [5.41, 5.74) is 6.14. The first-order valence-corrected chi connectivity index (χ1v) is 8.88. The van der Waals surface area contributed by atoms with Gasteiger partial charge in [-0.25, -0.2) is 9.97 Å². The lowest BCUT2D eigenvalue weighted by Crippen LogP contribution is -2.38. The van der Waals surface area contributed by atoms with Crippen LogP contribution >= 0.6 is 0 Å². The van der Waals surface area contributed by atoms with Gasteiger partial charge in [0.1, 0.15) is 29.3 Å². The van der Waals surface area contributed by atoms with Crippen molar-refractivity contribution in [1.82, 2.24) is 19.9 Å². The average Bonchev–Trinajstić information content (AvgIpc) is 3.07. The molecule has 3 heterocycles. The van der Waals surface area contributed by atoms with Crippen LogP contribution in [0.1, 0.15) is 49.1 Å². The highest BCUT2D eigenvalue weighted by molar-refractivity contribution is 5.93. The number of hydrogen-bond acceptors (Lipinski definition) is 6. The molecule has 1 atom stereocenters. The number of rotatable bonds is 2. The Labute approximate surface area is 150 Å². The second-order valence-corrected chi connectivity index (χ2v) is 7.19. The Kier molecular flexibility index (Phi) is 3.90. The molecule has 4 N–H and O–H groups in total. The normalized spacial score (nSPS) is 21.1. The van der Waals surface area contributed by atoms with Gasteiger partial charge in [-0.05, 0) is 31.9 Å². The number of aromatic nitrogens is 3. The lowest BCUT2D eigenvalue weighted by molar-refractivity contribution is 0.0937. The van der Waals surface area contributed by atoms with Crippen molar-refractivity contribution in [3.63, 3.8) is 0 Å². The van der Waals surface area contributed by atoms with E-state index in [0.717, 1.165) is 25.7 Å². The number of pyridine rings is 1. The summed E-state index contributed by atoms with van der Waals surface area (Å²) >= 11 is 0. The molecule has 1 unspecified atom stereocenters. The fourth-order valence-electron chi connectivity index (χ4n) is 4.24. The summed E-state index contributed by atoms with van der Waals surface area (Å²) < 4.78 is 1.64. The molecular weight excluding hydrogens is 332 g/mol. The third kappa shape index (κ3) is 2.61. The average molecular weight is 354 g/mol. The number of carbonyl (C=O) groups excluding carboxylic acids is 1. The van der Waals surface area contributed by atoms with Crippen molar-refractivity contribution in [1.29, 1.82) is 0 Å². The largest absolute Gasteiger partial charge is 0.384 e.